The molecule has 0 atom stereocenters. The van der Waals surface area contributed by atoms with Gasteiger partial charge in [-0.1, -0.05) is 0 Å². The summed E-state index contributed by atoms with van der Waals surface area (Å²) in [5.41, 5.74) is 4.00. The highest BCUT2D eigenvalue weighted by Gasteiger charge is 2.25. The molecule has 0 radical (unpaired) electrons. The molecule has 1 saturated heterocycles. The number of phenolic OH excluding ortho intramolecular Hbond substituents is 1. The topological polar surface area (TPSA) is 84.5 Å². The van der Waals surface area contributed by atoms with E-state index in [0.717, 1.165) is 55.1 Å². The van der Waals surface area contributed by atoms with Crippen LogP contribution in [0.1, 0.15) is 28.9 Å². The van der Waals surface area contributed by atoms with E-state index in [9.17, 15) is 9.90 Å². The van der Waals surface area contributed by atoms with Gasteiger partial charge in [-0.3, -0.25) is 9.89 Å². The standard InChI is InChI=1S/C23H27N5O2/c1-27(16-4-6-17(7-5-16)28-10-8-24-9-11-28)23(30)19-13-18-20(12-15-2-3-15)25-26-21(18)14-22(19)29/h4-7,13-15,24,29H,2-3,8-12H2,1H3,(H,25,26). The minimum Gasteiger partial charge on any atom is -0.507 e. The maximum atomic E-state index is 13.2. The van der Waals surface area contributed by atoms with Crippen molar-refractivity contribution in [2.45, 2.75) is 19.3 Å². The summed E-state index contributed by atoms with van der Waals surface area (Å²) in [5, 5.41) is 22.1. The molecule has 7 heteroatoms. The third kappa shape index (κ3) is 3.61. The van der Waals surface area contributed by atoms with Crippen LogP contribution in [0.5, 0.6) is 5.75 Å². The number of benzene rings is 2. The van der Waals surface area contributed by atoms with Crippen LogP contribution in [-0.2, 0) is 6.42 Å². The Balaban J connectivity index is 1.39. The van der Waals surface area contributed by atoms with E-state index in [4.69, 9.17) is 0 Å². The van der Waals surface area contributed by atoms with Crippen molar-refractivity contribution in [2.75, 3.05) is 43.0 Å². The van der Waals surface area contributed by atoms with Gasteiger partial charge in [0.25, 0.3) is 5.91 Å². The molecular weight excluding hydrogens is 378 g/mol. The van der Waals surface area contributed by atoms with E-state index >= 15 is 0 Å². The van der Waals surface area contributed by atoms with Crippen molar-refractivity contribution in [2.24, 2.45) is 5.92 Å². The predicted molar refractivity (Wildman–Crippen MR) is 118 cm³/mol. The number of anilines is 2. The minimum atomic E-state index is -0.233. The van der Waals surface area contributed by atoms with Crippen LogP contribution in [0.25, 0.3) is 10.9 Å². The van der Waals surface area contributed by atoms with Crippen molar-refractivity contribution in [3.8, 4) is 5.75 Å². The van der Waals surface area contributed by atoms with Crippen LogP contribution in [0.2, 0.25) is 0 Å². The Labute approximate surface area is 175 Å². The number of rotatable bonds is 5. The molecule has 2 aromatic carbocycles. The first kappa shape index (κ1) is 18.9. The number of hydrogen-bond acceptors (Lipinski definition) is 5. The number of piperazine rings is 1. The van der Waals surface area contributed by atoms with Crippen LogP contribution in [0.4, 0.5) is 11.4 Å². The molecule has 1 aliphatic heterocycles. The number of carbonyl (C=O) groups is 1. The van der Waals surface area contributed by atoms with Crippen LogP contribution in [-0.4, -0.2) is 54.4 Å². The maximum Gasteiger partial charge on any atom is 0.261 e. The summed E-state index contributed by atoms with van der Waals surface area (Å²) in [7, 11) is 1.74. The Hall–Kier alpha value is -3.06. The van der Waals surface area contributed by atoms with E-state index in [1.807, 2.05) is 12.1 Å². The van der Waals surface area contributed by atoms with Gasteiger partial charge in [0.2, 0.25) is 0 Å². The number of carbonyl (C=O) groups excluding carboxylic acids is 1. The zero-order chi connectivity index (χ0) is 20.7. The summed E-state index contributed by atoms with van der Waals surface area (Å²) in [6.07, 6.45) is 3.44. The van der Waals surface area contributed by atoms with E-state index < -0.39 is 0 Å². The fraction of sp³-hybridized carbons (Fsp3) is 0.391. The van der Waals surface area contributed by atoms with Crippen molar-refractivity contribution in [1.29, 1.82) is 0 Å². The van der Waals surface area contributed by atoms with Gasteiger partial charge >= 0.3 is 0 Å². The SMILES string of the molecule is CN(C(=O)c1cc2c(CC3CC3)[nH]nc2cc1O)c1ccc(N2CCNCC2)cc1. The number of phenols is 1. The first-order valence-corrected chi connectivity index (χ1v) is 10.6. The molecule has 2 heterocycles. The van der Waals surface area contributed by atoms with Gasteiger partial charge in [0, 0.05) is 61.7 Å². The van der Waals surface area contributed by atoms with Crippen LogP contribution in [0, 0.1) is 5.92 Å². The van der Waals surface area contributed by atoms with E-state index in [1.165, 1.54) is 12.8 Å². The molecule has 2 aliphatic rings. The van der Waals surface area contributed by atoms with Crippen LogP contribution < -0.4 is 15.1 Å². The summed E-state index contributed by atoms with van der Waals surface area (Å²) >= 11 is 0. The minimum absolute atomic E-state index is 0.0405. The number of amides is 1. The third-order valence-electron chi connectivity index (χ3n) is 6.19. The molecule has 30 heavy (non-hydrogen) atoms. The van der Waals surface area contributed by atoms with Crippen molar-refractivity contribution in [1.82, 2.24) is 15.5 Å². The maximum absolute atomic E-state index is 13.2. The Morgan fingerprint density at radius 2 is 1.93 bits per heavy atom. The number of aromatic hydroxyl groups is 1. The average molecular weight is 406 g/mol. The van der Waals surface area contributed by atoms with Crippen LogP contribution >= 0.6 is 0 Å². The zero-order valence-electron chi connectivity index (χ0n) is 17.2. The number of aromatic amines is 1. The molecule has 3 aromatic rings. The van der Waals surface area contributed by atoms with Crippen molar-refractivity contribution >= 4 is 28.2 Å². The molecule has 1 saturated carbocycles. The number of nitrogens with one attached hydrogen (secondary N) is 2. The van der Waals surface area contributed by atoms with Gasteiger partial charge in [0.05, 0.1) is 11.1 Å². The lowest BCUT2D eigenvalue weighted by molar-refractivity contribution is 0.0990. The Bertz CT molecular complexity index is 1070. The van der Waals surface area contributed by atoms with E-state index in [-0.39, 0.29) is 11.7 Å². The summed E-state index contributed by atoms with van der Waals surface area (Å²) in [5.74, 6) is 0.433. The summed E-state index contributed by atoms with van der Waals surface area (Å²) in [6, 6.07) is 11.4. The molecule has 5 rings (SSSR count). The van der Waals surface area contributed by atoms with E-state index in [2.05, 4.69) is 32.5 Å². The molecule has 3 N–H and O–H groups in total. The number of fused-ring (bicyclic) bond motifs is 1. The van der Waals surface area contributed by atoms with E-state index in [1.54, 1.807) is 24.1 Å². The molecule has 7 nitrogen and oxygen atoms in total. The second-order valence-corrected chi connectivity index (χ2v) is 8.35. The second-order valence-electron chi connectivity index (χ2n) is 8.35. The highest BCUT2D eigenvalue weighted by atomic mass is 16.3. The molecular formula is C23H27N5O2. The molecule has 0 bridgehead atoms. The quantitative estimate of drug-likeness (QED) is 0.608. The molecule has 156 valence electrons. The zero-order valence-corrected chi connectivity index (χ0v) is 17.2. The average Bonchev–Trinajstić information content (AvgIpc) is 3.52. The largest absolute Gasteiger partial charge is 0.507 e. The van der Waals surface area contributed by atoms with Gasteiger partial charge in [-0.15, -0.1) is 0 Å². The van der Waals surface area contributed by atoms with Crippen molar-refractivity contribution in [3.63, 3.8) is 0 Å². The molecule has 1 amide bonds. The first-order valence-electron chi connectivity index (χ1n) is 10.6. The number of hydrogen-bond donors (Lipinski definition) is 3. The van der Waals surface area contributed by atoms with Gasteiger partial charge in [-0.05, 0) is 55.5 Å². The summed E-state index contributed by atoms with van der Waals surface area (Å²) in [4.78, 5) is 17.1. The Morgan fingerprint density at radius 3 is 2.63 bits per heavy atom. The summed E-state index contributed by atoms with van der Waals surface area (Å²) in [6.45, 7) is 3.93. The van der Waals surface area contributed by atoms with Gasteiger partial charge in [0.15, 0.2) is 0 Å². The fourth-order valence-electron chi connectivity index (χ4n) is 4.14. The lowest BCUT2D eigenvalue weighted by atomic mass is 10.1. The lowest BCUT2D eigenvalue weighted by Crippen LogP contribution is -2.43. The summed E-state index contributed by atoms with van der Waals surface area (Å²) < 4.78 is 0. The number of aromatic nitrogens is 2. The third-order valence-corrected chi connectivity index (χ3v) is 6.19. The van der Waals surface area contributed by atoms with Gasteiger partial charge < -0.3 is 20.2 Å². The van der Waals surface area contributed by atoms with Crippen LogP contribution in [0.3, 0.4) is 0 Å². The van der Waals surface area contributed by atoms with E-state index in [0.29, 0.717) is 17.0 Å². The Morgan fingerprint density at radius 1 is 1.20 bits per heavy atom. The van der Waals surface area contributed by atoms with Crippen molar-refractivity contribution < 1.29 is 9.90 Å². The van der Waals surface area contributed by atoms with Gasteiger partial charge in [-0.2, -0.15) is 5.10 Å². The lowest BCUT2D eigenvalue weighted by Gasteiger charge is -2.29. The number of nitrogens with zero attached hydrogens (tertiary/aromatic N) is 3. The Kier molecular flexibility index (Phi) is 4.83. The predicted octanol–water partition coefficient (Wildman–Crippen LogP) is 2.91. The molecule has 1 aromatic heterocycles. The first-order chi connectivity index (χ1) is 14.6. The second kappa shape index (κ2) is 7.65. The van der Waals surface area contributed by atoms with Crippen LogP contribution in [0.15, 0.2) is 36.4 Å². The smallest absolute Gasteiger partial charge is 0.261 e. The van der Waals surface area contributed by atoms with Gasteiger partial charge in [0.1, 0.15) is 5.75 Å². The molecule has 0 spiro atoms. The normalized spacial score (nSPS) is 16.8. The number of H-pyrrole nitrogens is 1. The fourth-order valence-corrected chi connectivity index (χ4v) is 4.14. The monoisotopic (exact) mass is 405 g/mol. The molecule has 0 unspecified atom stereocenters. The molecule has 1 aliphatic carbocycles. The van der Waals surface area contributed by atoms with Gasteiger partial charge in [-0.25, -0.2) is 0 Å². The van der Waals surface area contributed by atoms with Crippen molar-refractivity contribution in [3.05, 3.63) is 47.7 Å². The highest BCUT2D eigenvalue weighted by molar-refractivity contribution is 6.09. The molecule has 2 fully saturated rings. The highest BCUT2D eigenvalue weighted by Crippen LogP contribution is 2.35.